The van der Waals surface area contributed by atoms with Gasteiger partial charge in [-0.05, 0) is 7.05 Å². The molecule has 0 bridgehead atoms. The van der Waals surface area contributed by atoms with Gasteiger partial charge in [0.15, 0.2) is 0 Å². The van der Waals surface area contributed by atoms with Crippen LogP contribution >= 0.6 is 0 Å². The molecule has 0 fully saturated rings. The molecule has 0 rings (SSSR count). The van der Waals surface area contributed by atoms with Crippen LogP contribution < -0.4 is 16.4 Å². The summed E-state index contributed by atoms with van der Waals surface area (Å²) in [6.07, 6.45) is -3.71. The summed E-state index contributed by atoms with van der Waals surface area (Å²) in [7, 11) is 2.80. The van der Waals surface area contributed by atoms with Crippen molar-refractivity contribution in [3.05, 3.63) is 11.8 Å². The highest BCUT2D eigenvalue weighted by Gasteiger charge is 2.35. The molecule has 14 heavy (non-hydrogen) atoms. The standard InChI is InChI=1S/C7H13F3N4/c1-12-4-14-3-5(6(11)13-2)7(8,9)10/h3,12,14H,4H2,1-2H3,(H2,11,13). The van der Waals surface area contributed by atoms with Crippen LogP contribution in [0.4, 0.5) is 13.2 Å². The van der Waals surface area contributed by atoms with Gasteiger partial charge in [0.25, 0.3) is 0 Å². The van der Waals surface area contributed by atoms with Crippen LogP contribution in [-0.4, -0.2) is 32.8 Å². The summed E-state index contributed by atoms with van der Waals surface area (Å²) in [4.78, 5) is 3.28. The number of hydrogen-bond acceptors (Lipinski definition) is 3. The second kappa shape index (κ2) is 5.48. The van der Waals surface area contributed by atoms with E-state index in [4.69, 9.17) is 5.73 Å². The highest BCUT2D eigenvalue weighted by molar-refractivity contribution is 5.97. The molecule has 0 saturated carbocycles. The Morgan fingerprint density at radius 2 is 2.07 bits per heavy atom. The maximum Gasteiger partial charge on any atom is 0.421 e. The summed E-state index contributed by atoms with van der Waals surface area (Å²) in [5.41, 5.74) is 4.11. The molecule has 0 atom stereocenters. The van der Waals surface area contributed by atoms with Gasteiger partial charge in [0.2, 0.25) is 0 Å². The third-order valence-electron chi connectivity index (χ3n) is 1.35. The molecule has 0 amide bonds. The van der Waals surface area contributed by atoms with Gasteiger partial charge in [-0.1, -0.05) is 0 Å². The van der Waals surface area contributed by atoms with Gasteiger partial charge in [-0.2, -0.15) is 13.2 Å². The molecule has 82 valence electrons. The molecule has 0 spiro atoms. The molecule has 4 N–H and O–H groups in total. The van der Waals surface area contributed by atoms with Crippen molar-refractivity contribution < 1.29 is 13.2 Å². The number of halogens is 3. The lowest BCUT2D eigenvalue weighted by Gasteiger charge is -2.11. The van der Waals surface area contributed by atoms with Gasteiger partial charge in [-0.3, -0.25) is 4.99 Å². The number of alkyl halides is 3. The summed E-state index contributed by atoms with van der Waals surface area (Å²) in [6.45, 7) is 0.219. The summed E-state index contributed by atoms with van der Waals surface area (Å²) < 4.78 is 36.9. The van der Waals surface area contributed by atoms with E-state index in [9.17, 15) is 13.2 Å². The van der Waals surface area contributed by atoms with E-state index < -0.39 is 17.6 Å². The zero-order valence-electron chi connectivity index (χ0n) is 7.94. The molecular weight excluding hydrogens is 197 g/mol. The van der Waals surface area contributed by atoms with Gasteiger partial charge >= 0.3 is 6.18 Å². The van der Waals surface area contributed by atoms with E-state index in [1.54, 1.807) is 7.05 Å². The summed E-state index contributed by atoms with van der Waals surface area (Å²) >= 11 is 0. The lowest BCUT2D eigenvalue weighted by atomic mass is 10.2. The first-order valence-corrected chi connectivity index (χ1v) is 3.81. The Kier molecular flexibility index (Phi) is 5.00. The van der Waals surface area contributed by atoms with Crippen LogP contribution in [0.15, 0.2) is 16.8 Å². The highest BCUT2D eigenvalue weighted by Crippen LogP contribution is 2.24. The van der Waals surface area contributed by atoms with Crippen molar-refractivity contribution in [2.75, 3.05) is 20.8 Å². The van der Waals surface area contributed by atoms with Crippen molar-refractivity contribution >= 4 is 5.84 Å². The first kappa shape index (κ1) is 12.8. The van der Waals surface area contributed by atoms with E-state index in [0.717, 1.165) is 6.20 Å². The van der Waals surface area contributed by atoms with Crippen LogP contribution in [0.5, 0.6) is 0 Å². The molecule has 0 aliphatic rings. The lowest BCUT2D eigenvalue weighted by molar-refractivity contribution is -0.0865. The van der Waals surface area contributed by atoms with Gasteiger partial charge in [0, 0.05) is 13.2 Å². The number of nitrogens with two attached hydrogens (primary N) is 1. The van der Waals surface area contributed by atoms with E-state index in [-0.39, 0.29) is 6.67 Å². The lowest BCUT2D eigenvalue weighted by Crippen LogP contribution is -2.30. The highest BCUT2D eigenvalue weighted by atomic mass is 19.4. The van der Waals surface area contributed by atoms with Crippen molar-refractivity contribution in [1.82, 2.24) is 10.6 Å². The molecule has 4 nitrogen and oxygen atoms in total. The molecule has 7 heteroatoms. The number of amidine groups is 1. The van der Waals surface area contributed by atoms with Crippen molar-refractivity contribution in [2.45, 2.75) is 6.18 Å². The molecule has 0 aromatic carbocycles. The minimum atomic E-state index is -4.50. The Bertz CT molecular complexity index is 232. The van der Waals surface area contributed by atoms with Crippen molar-refractivity contribution in [3.63, 3.8) is 0 Å². The Morgan fingerprint density at radius 1 is 1.50 bits per heavy atom. The molecule has 0 heterocycles. The van der Waals surface area contributed by atoms with Gasteiger partial charge in [-0.15, -0.1) is 0 Å². The molecule has 0 radical (unpaired) electrons. The summed E-state index contributed by atoms with van der Waals surface area (Å²) in [6, 6.07) is 0. The second-order valence-electron chi connectivity index (χ2n) is 2.40. The summed E-state index contributed by atoms with van der Waals surface area (Å²) in [5, 5.41) is 5.03. The predicted octanol–water partition coefficient (Wildman–Crippen LogP) is 0.186. The minimum Gasteiger partial charge on any atom is -0.383 e. The minimum absolute atomic E-state index is 0.219. The first-order valence-electron chi connectivity index (χ1n) is 3.81. The van der Waals surface area contributed by atoms with Gasteiger partial charge in [0.1, 0.15) is 11.4 Å². The van der Waals surface area contributed by atoms with Gasteiger partial charge in [0.05, 0.1) is 6.67 Å². The monoisotopic (exact) mass is 210 g/mol. The molecule has 0 aromatic rings. The van der Waals surface area contributed by atoms with E-state index in [1.807, 2.05) is 0 Å². The second-order valence-corrected chi connectivity index (χ2v) is 2.40. The normalized spacial score (nSPS) is 14.4. The largest absolute Gasteiger partial charge is 0.421 e. The van der Waals surface area contributed by atoms with E-state index >= 15 is 0 Å². The zero-order chi connectivity index (χ0) is 11.2. The molecular formula is C7H13F3N4. The van der Waals surface area contributed by atoms with Crippen LogP contribution in [0.2, 0.25) is 0 Å². The first-order chi connectivity index (χ1) is 6.43. The zero-order valence-corrected chi connectivity index (χ0v) is 7.94. The topological polar surface area (TPSA) is 62.4 Å². The summed E-state index contributed by atoms with van der Waals surface area (Å²) in [5.74, 6) is -0.541. The maximum absolute atomic E-state index is 12.3. The van der Waals surface area contributed by atoms with Crippen molar-refractivity contribution in [1.29, 1.82) is 0 Å². The Morgan fingerprint density at radius 3 is 2.43 bits per heavy atom. The predicted molar refractivity (Wildman–Crippen MR) is 48.7 cm³/mol. The van der Waals surface area contributed by atoms with E-state index in [2.05, 4.69) is 15.6 Å². The molecule has 0 aliphatic carbocycles. The smallest absolute Gasteiger partial charge is 0.383 e. The average Bonchev–Trinajstić information content (AvgIpc) is 2.09. The SMILES string of the molecule is CN=C(N)C(=CNCNC)C(F)(F)F. The van der Waals surface area contributed by atoms with E-state index in [1.165, 1.54) is 7.05 Å². The number of aliphatic imine (C=N–C) groups is 1. The number of hydrogen-bond donors (Lipinski definition) is 3. The van der Waals surface area contributed by atoms with E-state index in [0.29, 0.717) is 0 Å². The molecule has 0 saturated heterocycles. The number of rotatable bonds is 4. The molecule has 0 unspecified atom stereocenters. The fourth-order valence-electron chi connectivity index (χ4n) is 0.677. The third kappa shape index (κ3) is 4.13. The van der Waals surface area contributed by atoms with Crippen LogP contribution in [0.3, 0.4) is 0 Å². The Balaban J connectivity index is 4.65. The molecule has 0 aliphatic heterocycles. The number of nitrogens with one attached hydrogen (secondary N) is 2. The van der Waals surface area contributed by atoms with Gasteiger partial charge in [-0.25, -0.2) is 0 Å². The maximum atomic E-state index is 12.3. The van der Waals surface area contributed by atoms with Crippen molar-refractivity contribution in [2.24, 2.45) is 10.7 Å². The quantitative estimate of drug-likeness (QED) is 0.268. The Labute approximate surface area is 80.1 Å². The van der Waals surface area contributed by atoms with Crippen LogP contribution in [0, 0.1) is 0 Å². The number of nitrogens with zero attached hydrogens (tertiary/aromatic N) is 1. The van der Waals surface area contributed by atoms with Gasteiger partial charge < -0.3 is 16.4 Å². The Hall–Kier alpha value is -1.24. The molecule has 0 aromatic heterocycles. The fourth-order valence-corrected chi connectivity index (χ4v) is 0.677. The van der Waals surface area contributed by atoms with Crippen LogP contribution in [-0.2, 0) is 0 Å². The average molecular weight is 210 g/mol. The van der Waals surface area contributed by atoms with Crippen LogP contribution in [0.1, 0.15) is 0 Å². The fraction of sp³-hybridized carbons (Fsp3) is 0.571. The van der Waals surface area contributed by atoms with Crippen LogP contribution in [0.25, 0.3) is 0 Å². The van der Waals surface area contributed by atoms with Crippen molar-refractivity contribution in [3.8, 4) is 0 Å². The third-order valence-corrected chi connectivity index (χ3v) is 1.35.